The van der Waals surface area contributed by atoms with E-state index in [1.54, 1.807) is 24.3 Å². The Balaban J connectivity index is 2.11. The van der Waals surface area contributed by atoms with Crippen molar-refractivity contribution in [3.8, 4) is 5.75 Å². The summed E-state index contributed by atoms with van der Waals surface area (Å²) in [5, 5.41) is 29.6. The highest BCUT2D eigenvalue weighted by Crippen LogP contribution is 2.31. The predicted octanol–water partition coefficient (Wildman–Crippen LogP) is 0.615. The Kier molecular flexibility index (Phi) is 4.89. The van der Waals surface area contributed by atoms with Crippen LogP contribution in [0.5, 0.6) is 5.75 Å². The number of ether oxygens (including phenoxy) is 1. The molecule has 0 radical (unpaired) electrons. The number of nitrogens with two attached hydrogens (primary N) is 1. The van der Waals surface area contributed by atoms with Gasteiger partial charge in [-0.05, 0) is 17.7 Å². The highest BCUT2D eigenvalue weighted by molar-refractivity contribution is 6.30. The molecule has 2 aromatic heterocycles. The molecule has 3 aromatic rings. The van der Waals surface area contributed by atoms with Gasteiger partial charge < -0.3 is 25.8 Å². The van der Waals surface area contributed by atoms with E-state index in [2.05, 4.69) is 9.97 Å². The van der Waals surface area contributed by atoms with E-state index in [1.807, 2.05) is 0 Å². The molecular formula is C16H16ClN5O5. The molecule has 2 heterocycles. The average Bonchev–Trinajstić information content (AvgIpc) is 3.02. The third-order valence-electron chi connectivity index (χ3n) is 3.84. The predicted molar refractivity (Wildman–Crippen MR) is 96.1 cm³/mol. The zero-order chi connectivity index (χ0) is 19.8. The van der Waals surface area contributed by atoms with Gasteiger partial charge in [0, 0.05) is 6.07 Å². The summed E-state index contributed by atoms with van der Waals surface area (Å²) in [6.45, 7) is -0.133. The Hall–Kier alpha value is -2.92. The highest BCUT2D eigenvalue weighted by atomic mass is 35.5. The van der Waals surface area contributed by atoms with E-state index >= 15 is 0 Å². The zero-order valence-electron chi connectivity index (χ0n) is 14.1. The molecule has 5 N–H and O–H groups in total. The van der Waals surface area contributed by atoms with Crippen LogP contribution in [0.4, 0.5) is 10.5 Å². The maximum atomic E-state index is 11.5. The molecule has 11 heteroatoms. The number of primary amides is 1. The van der Waals surface area contributed by atoms with Gasteiger partial charge in [-0.1, -0.05) is 23.7 Å². The fourth-order valence-electron chi connectivity index (χ4n) is 2.58. The zero-order valence-corrected chi connectivity index (χ0v) is 14.8. The Morgan fingerprint density at radius 2 is 2.00 bits per heavy atom. The number of aliphatic hydroxyl groups is 3. The lowest BCUT2D eigenvalue weighted by molar-refractivity contribution is -0.310. The van der Waals surface area contributed by atoms with Gasteiger partial charge in [-0.15, -0.1) is 0 Å². The van der Waals surface area contributed by atoms with Crippen LogP contribution in [0, 0.1) is 0 Å². The average molecular weight is 394 g/mol. The molecule has 0 saturated carbocycles. The first-order chi connectivity index (χ1) is 12.7. The highest BCUT2D eigenvalue weighted by Gasteiger charge is 2.32. The fourth-order valence-corrected chi connectivity index (χ4v) is 2.76. The van der Waals surface area contributed by atoms with Crippen molar-refractivity contribution in [3.05, 3.63) is 47.4 Å². The number of carbonyl (C=O) groups is 1. The van der Waals surface area contributed by atoms with E-state index in [-0.39, 0.29) is 28.5 Å². The molecule has 0 aliphatic carbocycles. The molecule has 1 amide bonds. The first kappa shape index (κ1) is 18.9. The number of hydrogen-bond acceptors (Lipinski definition) is 8. The number of benzene rings is 1. The van der Waals surface area contributed by atoms with E-state index < -0.39 is 12.1 Å². The topological polar surface area (TPSA) is 147 Å². The van der Waals surface area contributed by atoms with Gasteiger partial charge in [0.2, 0.25) is 0 Å². The molecule has 0 atom stereocenters. The fraction of sp³-hybridized carbons (Fsp3) is 0.188. The van der Waals surface area contributed by atoms with Crippen molar-refractivity contribution in [1.29, 1.82) is 0 Å². The second-order valence-corrected chi connectivity index (χ2v) is 6.01. The molecule has 10 nitrogen and oxygen atoms in total. The number of imidazole rings is 1. The summed E-state index contributed by atoms with van der Waals surface area (Å²) in [5.74, 6) is 0.614. The summed E-state index contributed by atoms with van der Waals surface area (Å²) >= 11 is 6.00. The molecule has 0 aliphatic heterocycles. The van der Waals surface area contributed by atoms with Gasteiger partial charge in [0.05, 0.1) is 19.3 Å². The molecule has 142 valence electrons. The first-order valence-corrected chi connectivity index (χ1v) is 7.99. The van der Waals surface area contributed by atoms with E-state index in [1.165, 1.54) is 13.2 Å². The smallest absolute Gasteiger partial charge is 0.370 e. The standard InChI is InChI=1S/C16H16ClN5O5/c1-27-10-4-2-9(3-5-10)7-22(16(24,25)26)11-6-12(17)20-14-13(11)19-8-21(14)15(18)23/h2-6,8,24-26H,7H2,1H3,(H2,18,23). The third-order valence-corrected chi connectivity index (χ3v) is 4.04. The summed E-state index contributed by atoms with van der Waals surface area (Å²) in [7, 11) is 1.52. The van der Waals surface area contributed by atoms with Crippen LogP contribution >= 0.6 is 11.6 Å². The van der Waals surface area contributed by atoms with Gasteiger partial charge in [0.15, 0.2) is 5.65 Å². The van der Waals surface area contributed by atoms with Crippen LogP contribution in [0.1, 0.15) is 5.56 Å². The molecule has 3 rings (SSSR count). The number of rotatable bonds is 5. The number of halogens is 1. The van der Waals surface area contributed by atoms with Crippen LogP contribution < -0.4 is 15.4 Å². The van der Waals surface area contributed by atoms with Crippen molar-refractivity contribution in [2.75, 3.05) is 12.0 Å². The number of methoxy groups -OCH3 is 1. The maximum Gasteiger partial charge on any atom is 0.370 e. The van der Waals surface area contributed by atoms with Crippen molar-refractivity contribution in [1.82, 2.24) is 14.5 Å². The summed E-state index contributed by atoms with van der Waals surface area (Å²) < 4.78 is 6.03. The minimum atomic E-state index is -3.24. The number of fused-ring (bicyclic) bond motifs is 1. The van der Waals surface area contributed by atoms with Crippen molar-refractivity contribution in [2.45, 2.75) is 12.6 Å². The maximum absolute atomic E-state index is 11.5. The summed E-state index contributed by atoms with van der Waals surface area (Å²) in [5.41, 5.74) is 6.02. The number of carbonyl (C=O) groups excluding carboxylic acids is 1. The van der Waals surface area contributed by atoms with Crippen LogP contribution in [0.2, 0.25) is 5.15 Å². The molecule has 0 aliphatic rings. The number of anilines is 1. The monoisotopic (exact) mass is 393 g/mol. The SMILES string of the molecule is COc1ccc(CN(c2cc(Cl)nc3c2ncn3C(N)=O)C(O)(O)O)cc1. The van der Waals surface area contributed by atoms with Crippen molar-refractivity contribution in [3.63, 3.8) is 0 Å². The summed E-state index contributed by atoms with van der Waals surface area (Å²) in [4.78, 5) is 20.4. The minimum absolute atomic E-state index is 0.00832. The van der Waals surface area contributed by atoms with E-state index in [0.717, 1.165) is 15.8 Å². The quantitative estimate of drug-likeness (QED) is 0.364. The molecule has 0 saturated heterocycles. The molecule has 0 spiro atoms. The summed E-state index contributed by atoms with van der Waals surface area (Å²) in [6, 6.07) is 7.15. The second-order valence-electron chi connectivity index (χ2n) is 5.62. The minimum Gasteiger partial charge on any atom is -0.497 e. The lowest BCUT2D eigenvalue weighted by Crippen LogP contribution is -2.48. The number of hydrogen-bond donors (Lipinski definition) is 4. The molecule has 0 fully saturated rings. The Morgan fingerprint density at radius 3 is 2.56 bits per heavy atom. The van der Waals surface area contributed by atoms with Gasteiger partial charge in [-0.25, -0.2) is 19.3 Å². The van der Waals surface area contributed by atoms with Gasteiger partial charge >= 0.3 is 12.1 Å². The first-order valence-electron chi connectivity index (χ1n) is 7.62. The normalized spacial score (nSPS) is 11.6. The van der Waals surface area contributed by atoms with Gasteiger partial charge in [-0.2, -0.15) is 0 Å². The van der Waals surface area contributed by atoms with E-state index in [9.17, 15) is 20.1 Å². The third kappa shape index (κ3) is 3.78. The van der Waals surface area contributed by atoms with E-state index in [0.29, 0.717) is 11.3 Å². The molecule has 0 unspecified atom stereocenters. The van der Waals surface area contributed by atoms with Gasteiger partial charge in [0.1, 0.15) is 22.7 Å². The second kappa shape index (κ2) is 7.00. The molecule has 0 bridgehead atoms. The van der Waals surface area contributed by atoms with Crippen LogP contribution in [-0.2, 0) is 6.54 Å². The Morgan fingerprint density at radius 1 is 1.33 bits per heavy atom. The van der Waals surface area contributed by atoms with Crippen molar-refractivity contribution >= 4 is 34.5 Å². The Labute approximate surface area is 158 Å². The number of pyridine rings is 1. The van der Waals surface area contributed by atoms with Crippen LogP contribution in [0.25, 0.3) is 11.2 Å². The molecular weight excluding hydrogens is 378 g/mol. The summed E-state index contributed by atoms with van der Waals surface area (Å²) in [6.07, 6.45) is -2.12. The number of amides is 1. The van der Waals surface area contributed by atoms with Crippen molar-refractivity contribution in [2.24, 2.45) is 5.73 Å². The largest absolute Gasteiger partial charge is 0.497 e. The lowest BCUT2D eigenvalue weighted by atomic mass is 10.2. The number of nitrogens with zero attached hydrogens (tertiary/aromatic N) is 4. The van der Waals surface area contributed by atoms with Gasteiger partial charge in [-0.3, -0.25) is 4.90 Å². The van der Waals surface area contributed by atoms with Crippen LogP contribution in [0.15, 0.2) is 36.7 Å². The Bertz CT molecular complexity index is 983. The van der Waals surface area contributed by atoms with E-state index in [4.69, 9.17) is 22.1 Å². The van der Waals surface area contributed by atoms with Crippen LogP contribution in [0.3, 0.4) is 0 Å². The van der Waals surface area contributed by atoms with Gasteiger partial charge in [0.25, 0.3) is 0 Å². The molecule has 27 heavy (non-hydrogen) atoms. The molecule has 1 aromatic carbocycles. The number of aromatic nitrogens is 3. The van der Waals surface area contributed by atoms with Crippen LogP contribution in [-0.4, -0.2) is 49.1 Å². The lowest BCUT2D eigenvalue weighted by Gasteiger charge is -2.32. The van der Waals surface area contributed by atoms with Crippen molar-refractivity contribution < 1.29 is 24.9 Å².